The van der Waals surface area contributed by atoms with Gasteiger partial charge in [-0.3, -0.25) is 0 Å². The van der Waals surface area contributed by atoms with E-state index in [2.05, 4.69) is 4.98 Å². The molecule has 0 aliphatic heterocycles. The van der Waals surface area contributed by atoms with Crippen molar-refractivity contribution in [2.24, 2.45) is 5.73 Å². The fourth-order valence-corrected chi connectivity index (χ4v) is 2.42. The number of pyridine rings is 1. The molecule has 2 rings (SSSR count). The molecule has 1 saturated carbocycles. The minimum Gasteiger partial charge on any atom is -0.476 e. The molecule has 0 unspecified atom stereocenters. The highest BCUT2D eigenvalue weighted by molar-refractivity contribution is 5.89. The van der Waals surface area contributed by atoms with Crippen LogP contribution in [0.15, 0.2) is 18.3 Å². The molecule has 5 heteroatoms. The SMILES string of the molecule is CCOC(=O)c1ccc(OCC2(N)CCCCC2)nc1. The zero-order chi connectivity index (χ0) is 14.4. The van der Waals surface area contributed by atoms with Gasteiger partial charge in [0.25, 0.3) is 0 Å². The summed E-state index contributed by atoms with van der Waals surface area (Å²) in [7, 11) is 0. The van der Waals surface area contributed by atoms with Crippen molar-refractivity contribution in [1.29, 1.82) is 0 Å². The number of hydrogen-bond donors (Lipinski definition) is 1. The first-order valence-electron chi connectivity index (χ1n) is 7.18. The predicted molar refractivity (Wildman–Crippen MR) is 75.7 cm³/mol. The van der Waals surface area contributed by atoms with Gasteiger partial charge in [0.1, 0.15) is 6.61 Å². The Hall–Kier alpha value is -1.62. The molecule has 1 fully saturated rings. The van der Waals surface area contributed by atoms with E-state index in [1.165, 1.54) is 12.6 Å². The van der Waals surface area contributed by atoms with Gasteiger partial charge in [-0.1, -0.05) is 19.3 Å². The first-order valence-corrected chi connectivity index (χ1v) is 7.18. The Morgan fingerprint density at radius 3 is 2.70 bits per heavy atom. The van der Waals surface area contributed by atoms with E-state index in [1.807, 2.05) is 0 Å². The van der Waals surface area contributed by atoms with Gasteiger partial charge in [0.15, 0.2) is 0 Å². The van der Waals surface area contributed by atoms with E-state index in [1.54, 1.807) is 19.1 Å². The van der Waals surface area contributed by atoms with Gasteiger partial charge >= 0.3 is 5.97 Å². The molecule has 0 saturated heterocycles. The maximum absolute atomic E-state index is 11.5. The summed E-state index contributed by atoms with van der Waals surface area (Å²) in [5, 5.41) is 0. The average molecular weight is 278 g/mol. The molecule has 1 heterocycles. The molecule has 1 aliphatic rings. The van der Waals surface area contributed by atoms with Gasteiger partial charge in [-0.05, 0) is 25.8 Å². The van der Waals surface area contributed by atoms with Crippen LogP contribution in [0.4, 0.5) is 0 Å². The summed E-state index contributed by atoms with van der Waals surface area (Å²) in [6.45, 7) is 2.60. The predicted octanol–water partition coefficient (Wildman–Crippen LogP) is 2.30. The second kappa shape index (κ2) is 6.70. The van der Waals surface area contributed by atoms with E-state index in [0.717, 1.165) is 25.7 Å². The largest absolute Gasteiger partial charge is 0.476 e. The Morgan fingerprint density at radius 2 is 2.10 bits per heavy atom. The van der Waals surface area contributed by atoms with Crippen LogP contribution >= 0.6 is 0 Å². The van der Waals surface area contributed by atoms with Gasteiger partial charge in [-0.15, -0.1) is 0 Å². The highest BCUT2D eigenvalue weighted by atomic mass is 16.5. The fourth-order valence-electron chi connectivity index (χ4n) is 2.42. The molecular formula is C15H22N2O3. The topological polar surface area (TPSA) is 74.4 Å². The lowest BCUT2D eigenvalue weighted by molar-refractivity contribution is 0.0525. The van der Waals surface area contributed by atoms with E-state index in [4.69, 9.17) is 15.2 Å². The quantitative estimate of drug-likeness (QED) is 0.836. The van der Waals surface area contributed by atoms with Crippen LogP contribution in [0.25, 0.3) is 0 Å². The lowest BCUT2D eigenvalue weighted by Crippen LogP contribution is -2.47. The molecule has 110 valence electrons. The molecule has 0 spiro atoms. The second-order valence-corrected chi connectivity index (χ2v) is 5.32. The van der Waals surface area contributed by atoms with Crippen molar-refractivity contribution < 1.29 is 14.3 Å². The van der Waals surface area contributed by atoms with Crippen molar-refractivity contribution in [3.63, 3.8) is 0 Å². The molecule has 2 N–H and O–H groups in total. The first-order chi connectivity index (χ1) is 9.63. The molecule has 1 aliphatic carbocycles. The smallest absolute Gasteiger partial charge is 0.339 e. The van der Waals surface area contributed by atoms with E-state index in [-0.39, 0.29) is 11.5 Å². The number of esters is 1. The minimum atomic E-state index is -0.367. The van der Waals surface area contributed by atoms with Gasteiger partial charge in [0.05, 0.1) is 17.7 Å². The van der Waals surface area contributed by atoms with E-state index < -0.39 is 0 Å². The normalized spacial score (nSPS) is 17.5. The summed E-state index contributed by atoms with van der Waals surface area (Å²) < 4.78 is 10.6. The van der Waals surface area contributed by atoms with Gasteiger partial charge in [0, 0.05) is 12.3 Å². The number of ether oxygens (including phenoxy) is 2. The third kappa shape index (κ3) is 3.93. The van der Waals surface area contributed by atoms with Crippen molar-refractivity contribution in [2.45, 2.75) is 44.6 Å². The van der Waals surface area contributed by atoms with Crippen LogP contribution in [0, 0.1) is 0 Å². The summed E-state index contributed by atoms with van der Waals surface area (Å²) in [6, 6.07) is 3.34. The van der Waals surface area contributed by atoms with Crippen molar-refractivity contribution >= 4 is 5.97 Å². The Kier molecular flexibility index (Phi) is 4.95. The number of carbonyl (C=O) groups is 1. The maximum Gasteiger partial charge on any atom is 0.339 e. The number of nitrogens with two attached hydrogens (primary N) is 1. The molecule has 1 aromatic heterocycles. The fraction of sp³-hybridized carbons (Fsp3) is 0.600. The third-order valence-corrected chi connectivity index (χ3v) is 3.60. The lowest BCUT2D eigenvalue weighted by Gasteiger charge is -2.32. The number of aromatic nitrogens is 1. The molecular weight excluding hydrogens is 256 g/mol. The maximum atomic E-state index is 11.5. The van der Waals surface area contributed by atoms with Crippen molar-refractivity contribution in [1.82, 2.24) is 4.98 Å². The molecule has 0 atom stereocenters. The van der Waals surface area contributed by atoms with Gasteiger partial charge in [-0.2, -0.15) is 0 Å². The second-order valence-electron chi connectivity index (χ2n) is 5.32. The summed E-state index contributed by atoms with van der Waals surface area (Å²) in [4.78, 5) is 15.6. The summed E-state index contributed by atoms with van der Waals surface area (Å²) in [5.74, 6) is 0.127. The number of hydrogen-bond acceptors (Lipinski definition) is 5. The van der Waals surface area contributed by atoms with Crippen LogP contribution in [-0.4, -0.2) is 29.7 Å². The minimum absolute atomic E-state index is 0.236. The van der Waals surface area contributed by atoms with E-state index in [9.17, 15) is 4.79 Å². The van der Waals surface area contributed by atoms with Crippen molar-refractivity contribution in [3.8, 4) is 5.88 Å². The number of carbonyl (C=O) groups excluding carboxylic acids is 1. The summed E-state index contributed by atoms with van der Waals surface area (Å²) >= 11 is 0. The molecule has 5 nitrogen and oxygen atoms in total. The van der Waals surface area contributed by atoms with E-state index >= 15 is 0 Å². The zero-order valence-electron chi connectivity index (χ0n) is 11.9. The standard InChI is InChI=1S/C15H22N2O3/c1-2-19-14(18)12-6-7-13(17-10-12)20-11-15(16)8-4-3-5-9-15/h6-7,10H,2-5,8-9,11,16H2,1H3. The number of rotatable bonds is 5. The highest BCUT2D eigenvalue weighted by Crippen LogP contribution is 2.26. The van der Waals surface area contributed by atoms with Crippen molar-refractivity contribution in [3.05, 3.63) is 23.9 Å². The molecule has 0 amide bonds. The third-order valence-electron chi connectivity index (χ3n) is 3.60. The summed E-state index contributed by atoms with van der Waals surface area (Å²) in [6.07, 6.45) is 7.04. The Labute approximate surface area is 119 Å². The molecule has 20 heavy (non-hydrogen) atoms. The molecule has 0 aromatic carbocycles. The number of nitrogens with zero attached hydrogens (tertiary/aromatic N) is 1. The Bertz CT molecular complexity index is 439. The summed E-state index contributed by atoms with van der Waals surface area (Å²) in [5.41, 5.74) is 6.49. The Balaban J connectivity index is 1.89. The first kappa shape index (κ1) is 14.8. The zero-order valence-corrected chi connectivity index (χ0v) is 11.9. The lowest BCUT2D eigenvalue weighted by atomic mass is 9.83. The van der Waals surface area contributed by atoms with Crippen molar-refractivity contribution in [2.75, 3.05) is 13.2 Å². The van der Waals surface area contributed by atoms with Crippen LogP contribution in [0.1, 0.15) is 49.4 Å². The van der Waals surface area contributed by atoms with E-state index in [0.29, 0.717) is 24.7 Å². The molecule has 0 radical (unpaired) electrons. The van der Waals surface area contributed by atoms with Crippen LogP contribution in [0.5, 0.6) is 5.88 Å². The van der Waals surface area contributed by atoms with Gasteiger partial charge < -0.3 is 15.2 Å². The van der Waals surface area contributed by atoms with Crippen LogP contribution in [0.3, 0.4) is 0 Å². The monoisotopic (exact) mass is 278 g/mol. The van der Waals surface area contributed by atoms with Crippen LogP contribution in [0.2, 0.25) is 0 Å². The van der Waals surface area contributed by atoms with Crippen LogP contribution in [-0.2, 0) is 4.74 Å². The van der Waals surface area contributed by atoms with Gasteiger partial charge in [0.2, 0.25) is 5.88 Å². The van der Waals surface area contributed by atoms with Crippen LogP contribution < -0.4 is 10.5 Å². The van der Waals surface area contributed by atoms with Gasteiger partial charge in [-0.25, -0.2) is 9.78 Å². The molecule has 0 bridgehead atoms. The molecule has 1 aromatic rings. The highest BCUT2D eigenvalue weighted by Gasteiger charge is 2.28. The Morgan fingerprint density at radius 1 is 1.35 bits per heavy atom. The average Bonchev–Trinajstić information content (AvgIpc) is 2.47.